The maximum absolute atomic E-state index is 14.0. The molecule has 0 aromatic heterocycles. The second-order valence-electron chi connectivity index (χ2n) is 5.67. The van der Waals surface area contributed by atoms with E-state index >= 15 is 0 Å². The van der Waals surface area contributed by atoms with Gasteiger partial charge in [-0.25, -0.2) is 4.39 Å². The van der Waals surface area contributed by atoms with Crippen molar-refractivity contribution < 1.29 is 9.13 Å². The molecule has 0 spiro atoms. The van der Waals surface area contributed by atoms with Gasteiger partial charge >= 0.3 is 0 Å². The molecule has 1 atom stereocenters. The highest BCUT2D eigenvalue weighted by molar-refractivity contribution is 5.25. The molecule has 1 aliphatic heterocycles. The Kier molecular flexibility index (Phi) is 6.61. The molecule has 4 heteroatoms. The quantitative estimate of drug-likeness (QED) is 0.798. The molecule has 0 amide bonds. The lowest BCUT2D eigenvalue weighted by Crippen LogP contribution is -2.32. The molecule has 1 aromatic rings. The molecule has 3 nitrogen and oxygen atoms in total. The highest BCUT2D eigenvalue weighted by atomic mass is 19.1. The molecule has 1 N–H and O–H groups in total. The zero-order valence-electron chi connectivity index (χ0n) is 13.2. The molecule has 0 radical (unpaired) electrons. The van der Waals surface area contributed by atoms with Crippen LogP contribution in [-0.2, 0) is 17.8 Å². The average Bonchev–Trinajstić information content (AvgIpc) is 3.00. The first-order valence-corrected chi connectivity index (χ1v) is 8.05. The Balaban J connectivity index is 1.97. The van der Waals surface area contributed by atoms with Gasteiger partial charge in [-0.2, -0.15) is 0 Å². The van der Waals surface area contributed by atoms with Gasteiger partial charge in [0.2, 0.25) is 0 Å². The van der Waals surface area contributed by atoms with Crippen LogP contribution in [0.3, 0.4) is 0 Å². The molecule has 1 aromatic carbocycles. The second-order valence-corrected chi connectivity index (χ2v) is 5.67. The molecular weight excluding hydrogens is 267 g/mol. The normalized spacial score (nSPS) is 18.6. The van der Waals surface area contributed by atoms with E-state index in [9.17, 15) is 4.39 Å². The smallest absolute Gasteiger partial charge is 0.127 e. The number of halogens is 1. The van der Waals surface area contributed by atoms with Gasteiger partial charge in [0.1, 0.15) is 5.82 Å². The lowest BCUT2D eigenvalue weighted by Gasteiger charge is -2.24. The number of nitrogens with one attached hydrogen (secondary N) is 1. The van der Waals surface area contributed by atoms with Crippen molar-refractivity contribution in [2.45, 2.75) is 45.9 Å². The highest BCUT2D eigenvalue weighted by Crippen LogP contribution is 2.17. The number of likely N-dealkylation sites (N-methyl/N-ethyl adjacent to an activating group) is 1. The summed E-state index contributed by atoms with van der Waals surface area (Å²) in [4.78, 5) is 2.27. The van der Waals surface area contributed by atoms with Crippen molar-refractivity contribution in [1.82, 2.24) is 10.2 Å². The summed E-state index contributed by atoms with van der Waals surface area (Å²) in [5.41, 5.74) is 1.92. The first-order valence-electron chi connectivity index (χ1n) is 8.05. The largest absolute Gasteiger partial charge is 0.377 e. The molecule has 0 saturated carbocycles. The van der Waals surface area contributed by atoms with Gasteiger partial charge in [0, 0.05) is 31.8 Å². The standard InChI is InChI=1S/C17H27FN2O/c1-3-19-11-14-7-8-17(18)15(10-14)12-20(4-2)13-16-6-5-9-21-16/h7-8,10,16,19H,3-6,9,11-13H2,1-2H3. The van der Waals surface area contributed by atoms with Crippen molar-refractivity contribution in [3.05, 3.63) is 35.1 Å². The lowest BCUT2D eigenvalue weighted by atomic mass is 10.1. The molecule has 1 fully saturated rings. The number of nitrogens with zero attached hydrogens (tertiary/aromatic N) is 1. The molecule has 2 rings (SSSR count). The zero-order chi connectivity index (χ0) is 15.1. The third-order valence-electron chi connectivity index (χ3n) is 4.02. The van der Waals surface area contributed by atoms with Crippen LogP contribution in [0.25, 0.3) is 0 Å². The van der Waals surface area contributed by atoms with Gasteiger partial charge in [-0.15, -0.1) is 0 Å². The van der Waals surface area contributed by atoms with Crippen molar-refractivity contribution in [3.63, 3.8) is 0 Å². The van der Waals surface area contributed by atoms with E-state index < -0.39 is 0 Å². The summed E-state index contributed by atoms with van der Waals surface area (Å²) in [6.07, 6.45) is 2.59. The monoisotopic (exact) mass is 294 g/mol. The van der Waals surface area contributed by atoms with Crippen LogP contribution in [0.1, 0.15) is 37.8 Å². The SMILES string of the molecule is CCNCc1ccc(F)c(CN(CC)CC2CCCO2)c1. The Labute approximate surface area is 127 Å². The van der Waals surface area contributed by atoms with Crippen LogP contribution in [0.4, 0.5) is 4.39 Å². The van der Waals surface area contributed by atoms with Crippen LogP contribution in [0.2, 0.25) is 0 Å². The minimum Gasteiger partial charge on any atom is -0.377 e. The van der Waals surface area contributed by atoms with Crippen molar-refractivity contribution >= 4 is 0 Å². The predicted octanol–water partition coefficient (Wildman–Crippen LogP) is 2.94. The topological polar surface area (TPSA) is 24.5 Å². The Morgan fingerprint density at radius 2 is 2.24 bits per heavy atom. The van der Waals surface area contributed by atoms with Gasteiger partial charge in [-0.3, -0.25) is 4.90 Å². The Bertz CT molecular complexity index is 433. The van der Waals surface area contributed by atoms with E-state index in [0.29, 0.717) is 12.6 Å². The van der Waals surface area contributed by atoms with Crippen molar-refractivity contribution in [3.8, 4) is 0 Å². The zero-order valence-corrected chi connectivity index (χ0v) is 13.2. The molecular formula is C17H27FN2O. The van der Waals surface area contributed by atoms with E-state index in [1.54, 1.807) is 6.07 Å². The number of hydrogen-bond donors (Lipinski definition) is 1. The van der Waals surface area contributed by atoms with Gasteiger partial charge in [0.25, 0.3) is 0 Å². The molecule has 1 unspecified atom stereocenters. The van der Waals surface area contributed by atoms with E-state index in [1.165, 1.54) is 0 Å². The van der Waals surface area contributed by atoms with Crippen LogP contribution in [0.15, 0.2) is 18.2 Å². The van der Waals surface area contributed by atoms with Crippen LogP contribution in [-0.4, -0.2) is 37.2 Å². The first kappa shape index (κ1) is 16.4. The Morgan fingerprint density at radius 1 is 1.38 bits per heavy atom. The molecule has 0 aliphatic carbocycles. The maximum Gasteiger partial charge on any atom is 0.127 e. The van der Waals surface area contributed by atoms with E-state index in [1.807, 2.05) is 12.1 Å². The van der Waals surface area contributed by atoms with Gasteiger partial charge in [-0.1, -0.05) is 26.0 Å². The van der Waals surface area contributed by atoms with Crippen molar-refractivity contribution in [2.75, 3.05) is 26.2 Å². The fraction of sp³-hybridized carbons (Fsp3) is 0.647. The van der Waals surface area contributed by atoms with Crippen LogP contribution in [0, 0.1) is 5.82 Å². The number of benzene rings is 1. The summed E-state index contributed by atoms with van der Waals surface area (Å²) in [5, 5.41) is 3.28. The summed E-state index contributed by atoms with van der Waals surface area (Å²) in [6.45, 7) is 9.25. The summed E-state index contributed by atoms with van der Waals surface area (Å²) in [6, 6.07) is 5.43. The van der Waals surface area contributed by atoms with Crippen LogP contribution in [0.5, 0.6) is 0 Å². The Hall–Kier alpha value is -0.970. The fourth-order valence-corrected chi connectivity index (χ4v) is 2.75. The Morgan fingerprint density at radius 3 is 2.90 bits per heavy atom. The van der Waals surface area contributed by atoms with Gasteiger partial charge < -0.3 is 10.1 Å². The summed E-state index contributed by atoms with van der Waals surface area (Å²) >= 11 is 0. The summed E-state index contributed by atoms with van der Waals surface area (Å²) < 4.78 is 19.7. The maximum atomic E-state index is 14.0. The third-order valence-corrected chi connectivity index (χ3v) is 4.02. The second kappa shape index (κ2) is 8.47. The highest BCUT2D eigenvalue weighted by Gasteiger charge is 2.19. The predicted molar refractivity (Wildman–Crippen MR) is 83.7 cm³/mol. The number of hydrogen-bond acceptors (Lipinski definition) is 3. The van der Waals surface area contributed by atoms with Crippen molar-refractivity contribution in [2.24, 2.45) is 0 Å². The van der Waals surface area contributed by atoms with E-state index in [0.717, 1.165) is 56.8 Å². The van der Waals surface area contributed by atoms with Crippen LogP contribution < -0.4 is 5.32 Å². The summed E-state index contributed by atoms with van der Waals surface area (Å²) in [5.74, 6) is -0.110. The molecule has 1 aliphatic rings. The van der Waals surface area contributed by atoms with E-state index in [-0.39, 0.29) is 5.82 Å². The van der Waals surface area contributed by atoms with Gasteiger partial charge in [-0.05, 0) is 37.6 Å². The van der Waals surface area contributed by atoms with E-state index in [2.05, 4.69) is 24.1 Å². The van der Waals surface area contributed by atoms with Gasteiger partial charge in [0.05, 0.1) is 6.10 Å². The minimum absolute atomic E-state index is 0.110. The average molecular weight is 294 g/mol. The number of rotatable bonds is 8. The van der Waals surface area contributed by atoms with Crippen molar-refractivity contribution in [1.29, 1.82) is 0 Å². The molecule has 0 bridgehead atoms. The third kappa shape index (κ3) is 5.06. The van der Waals surface area contributed by atoms with Crippen LogP contribution >= 0.6 is 0 Å². The first-order chi connectivity index (χ1) is 10.2. The molecule has 21 heavy (non-hydrogen) atoms. The fourth-order valence-electron chi connectivity index (χ4n) is 2.75. The number of ether oxygens (including phenoxy) is 1. The van der Waals surface area contributed by atoms with Gasteiger partial charge in [0.15, 0.2) is 0 Å². The van der Waals surface area contributed by atoms with E-state index in [4.69, 9.17) is 4.74 Å². The summed E-state index contributed by atoms with van der Waals surface area (Å²) in [7, 11) is 0. The lowest BCUT2D eigenvalue weighted by molar-refractivity contribution is 0.0721. The molecule has 1 heterocycles. The minimum atomic E-state index is -0.110. The molecule has 118 valence electrons. The molecule has 1 saturated heterocycles.